The fraction of sp³-hybridized carbons (Fsp3) is 0.889. The van der Waals surface area contributed by atoms with Crippen LogP contribution in [0.1, 0.15) is 19.8 Å². The van der Waals surface area contributed by atoms with Crippen molar-refractivity contribution in [2.24, 2.45) is 0 Å². The molecule has 0 unspecified atom stereocenters. The van der Waals surface area contributed by atoms with Crippen LogP contribution >= 0.6 is 0 Å². The van der Waals surface area contributed by atoms with E-state index in [9.17, 15) is 9.90 Å². The summed E-state index contributed by atoms with van der Waals surface area (Å²) in [6, 6.07) is 0. The van der Waals surface area contributed by atoms with Crippen LogP contribution in [0.4, 0.5) is 0 Å². The van der Waals surface area contributed by atoms with Crippen molar-refractivity contribution in [3.63, 3.8) is 0 Å². The lowest BCUT2D eigenvalue weighted by molar-refractivity contribution is -0.209. The second-order valence-electron chi connectivity index (χ2n) is 3.42. The van der Waals surface area contributed by atoms with E-state index in [1.807, 2.05) is 0 Å². The van der Waals surface area contributed by atoms with Crippen LogP contribution in [-0.2, 0) is 14.3 Å². The number of aliphatic hydroxyl groups excluding tert-OH is 1. The number of rotatable bonds is 3. The number of amides is 1. The molecule has 0 bridgehead atoms. The van der Waals surface area contributed by atoms with Gasteiger partial charge in [0.1, 0.15) is 6.10 Å². The highest BCUT2D eigenvalue weighted by Crippen LogP contribution is 2.19. The van der Waals surface area contributed by atoms with Crippen molar-refractivity contribution < 1.29 is 19.4 Å². The van der Waals surface area contributed by atoms with E-state index in [4.69, 9.17) is 9.47 Å². The highest BCUT2D eigenvalue weighted by molar-refractivity contribution is 5.72. The Morgan fingerprint density at radius 1 is 1.64 bits per heavy atom. The quantitative estimate of drug-likeness (QED) is 0.657. The van der Waals surface area contributed by atoms with E-state index >= 15 is 0 Å². The fourth-order valence-corrected chi connectivity index (χ4v) is 1.45. The number of carbonyl (C=O) groups excluding carboxylic acids is 1. The Balaban J connectivity index is 2.36. The van der Waals surface area contributed by atoms with Gasteiger partial charge in [0.15, 0.2) is 6.29 Å². The normalized spacial score (nSPS) is 32.6. The number of carbonyl (C=O) groups is 1. The first kappa shape index (κ1) is 11.4. The molecule has 1 rings (SSSR count). The Kier molecular flexibility index (Phi) is 4.31. The summed E-state index contributed by atoms with van der Waals surface area (Å²) >= 11 is 0. The van der Waals surface area contributed by atoms with Crippen molar-refractivity contribution in [2.75, 3.05) is 13.7 Å². The minimum atomic E-state index is -0.520. The average Bonchev–Trinajstić information content (AvgIpc) is 2.16. The molecule has 5 nitrogen and oxygen atoms in total. The SMILES string of the molecule is CO[C@@H]1CC[C@H](O)[C@@H](CNC(C)=O)O1. The van der Waals surface area contributed by atoms with Gasteiger partial charge in [0.05, 0.1) is 6.10 Å². The van der Waals surface area contributed by atoms with E-state index in [1.54, 1.807) is 7.11 Å². The Morgan fingerprint density at radius 3 is 2.93 bits per heavy atom. The lowest BCUT2D eigenvalue weighted by Gasteiger charge is -2.32. The lowest BCUT2D eigenvalue weighted by Crippen LogP contribution is -2.46. The molecular formula is C9H17NO4. The van der Waals surface area contributed by atoms with E-state index in [0.29, 0.717) is 19.4 Å². The molecule has 1 saturated heterocycles. The van der Waals surface area contributed by atoms with Gasteiger partial charge in [-0.1, -0.05) is 0 Å². The number of aliphatic hydroxyl groups is 1. The van der Waals surface area contributed by atoms with Crippen LogP contribution in [0.3, 0.4) is 0 Å². The first-order valence-electron chi connectivity index (χ1n) is 4.74. The van der Waals surface area contributed by atoms with Crippen molar-refractivity contribution >= 4 is 5.91 Å². The van der Waals surface area contributed by atoms with Gasteiger partial charge < -0.3 is 19.9 Å². The molecule has 5 heteroatoms. The van der Waals surface area contributed by atoms with Gasteiger partial charge in [-0.25, -0.2) is 0 Å². The van der Waals surface area contributed by atoms with Gasteiger partial charge in [-0.3, -0.25) is 4.79 Å². The van der Waals surface area contributed by atoms with Crippen LogP contribution in [0.2, 0.25) is 0 Å². The highest BCUT2D eigenvalue weighted by atomic mass is 16.7. The van der Waals surface area contributed by atoms with Gasteiger partial charge in [0.2, 0.25) is 5.91 Å². The highest BCUT2D eigenvalue weighted by Gasteiger charge is 2.29. The van der Waals surface area contributed by atoms with Crippen LogP contribution in [0.25, 0.3) is 0 Å². The number of hydrogen-bond acceptors (Lipinski definition) is 4. The van der Waals surface area contributed by atoms with Crippen LogP contribution in [0.15, 0.2) is 0 Å². The Labute approximate surface area is 83.4 Å². The predicted molar refractivity (Wildman–Crippen MR) is 49.6 cm³/mol. The molecule has 1 aliphatic rings. The number of ether oxygens (including phenoxy) is 2. The minimum Gasteiger partial charge on any atom is -0.390 e. The molecule has 1 amide bonds. The molecular weight excluding hydrogens is 186 g/mol. The van der Waals surface area contributed by atoms with Crippen molar-refractivity contribution in [2.45, 2.75) is 38.3 Å². The van der Waals surface area contributed by atoms with Gasteiger partial charge in [-0.05, 0) is 6.42 Å². The summed E-state index contributed by atoms with van der Waals surface area (Å²) in [5, 5.41) is 12.2. The van der Waals surface area contributed by atoms with E-state index < -0.39 is 6.10 Å². The molecule has 0 aliphatic carbocycles. The summed E-state index contributed by atoms with van der Waals surface area (Å²) in [6.45, 7) is 1.76. The minimum absolute atomic E-state index is 0.125. The summed E-state index contributed by atoms with van der Waals surface area (Å²) in [5.41, 5.74) is 0. The topological polar surface area (TPSA) is 67.8 Å². The zero-order chi connectivity index (χ0) is 10.6. The summed E-state index contributed by atoms with van der Waals surface area (Å²) in [5.74, 6) is -0.125. The lowest BCUT2D eigenvalue weighted by atomic mass is 10.0. The molecule has 1 fully saturated rings. The Morgan fingerprint density at radius 2 is 2.36 bits per heavy atom. The molecule has 2 N–H and O–H groups in total. The van der Waals surface area contributed by atoms with Crippen LogP contribution in [0.5, 0.6) is 0 Å². The third kappa shape index (κ3) is 3.25. The molecule has 82 valence electrons. The molecule has 0 spiro atoms. The second kappa shape index (κ2) is 5.29. The Bertz CT molecular complexity index is 197. The van der Waals surface area contributed by atoms with E-state index in [1.165, 1.54) is 6.92 Å². The second-order valence-corrected chi connectivity index (χ2v) is 3.42. The number of hydrogen-bond donors (Lipinski definition) is 2. The number of methoxy groups -OCH3 is 1. The average molecular weight is 203 g/mol. The maximum atomic E-state index is 10.7. The fourth-order valence-electron chi connectivity index (χ4n) is 1.45. The first-order chi connectivity index (χ1) is 6.63. The molecule has 0 aromatic carbocycles. The first-order valence-corrected chi connectivity index (χ1v) is 4.74. The van der Waals surface area contributed by atoms with Gasteiger partial charge >= 0.3 is 0 Å². The molecule has 1 heterocycles. The maximum Gasteiger partial charge on any atom is 0.216 e. The monoisotopic (exact) mass is 203 g/mol. The molecule has 14 heavy (non-hydrogen) atoms. The van der Waals surface area contributed by atoms with Gasteiger partial charge in [0.25, 0.3) is 0 Å². The van der Waals surface area contributed by atoms with Crippen LogP contribution < -0.4 is 5.32 Å². The smallest absolute Gasteiger partial charge is 0.216 e. The summed E-state index contributed by atoms with van der Waals surface area (Å²) in [6.07, 6.45) is 0.180. The molecule has 3 atom stereocenters. The predicted octanol–water partition coefficient (Wildman–Crippen LogP) is -0.365. The third-order valence-electron chi connectivity index (χ3n) is 2.27. The number of nitrogens with one attached hydrogen (secondary N) is 1. The largest absolute Gasteiger partial charge is 0.390 e. The van der Waals surface area contributed by atoms with Crippen molar-refractivity contribution in [1.82, 2.24) is 5.32 Å². The maximum absolute atomic E-state index is 10.7. The van der Waals surface area contributed by atoms with E-state index in [-0.39, 0.29) is 18.3 Å². The summed E-state index contributed by atoms with van der Waals surface area (Å²) in [7, 11) is 1.57. The molecule has 0 aromatic rings. The zero-order valence-electron chi connectivity index (χ0n) is 8.53. The van der Waals surface area contributed by atoms with Crippen molar-refractivity contribution in [3.05, 3.63) is 0 Å². The molecule has 0 aromatic heterocycles. The van der Waals surface area contributed by atoms with Crippen LogP contribution in [0, 0.1) is 0 Å². The summed E-state index contributed by atoms with van der Waals surface area (Å²) in [4.78, 5) is 10.7. The van der Waals surface area contributed by atoms with Crippen molar-refractivity contribution in [3.8, 4) is 0 Å². The summed E-state index contributed by atoms with van der Waals surface area (Å²) < 4.78 is 10.4. The zero-order valence-corrected chi connectivity index (χ0v) is 8.53. The Hall–Kier alpha value is -0.650. The van der Waals surface area contributed by atoms with Crippen molar-refractivity contribution in [1.29, 1.82) is 0 Å². The molecule has 0 radical (unpaired) electrons. The van der Waals surface area contributed by atoms with Gasteiger partial charge in [0, 0.05) is 27.0 Å². The molecule has 0 saturated carbocycles. The van der Waals surface area contributed by atoms with E-state index in [0.717, 1.165) is 0 Å². The van der Waals surface area contributed by atoms with Gasteiger partial charge in [-0.15, -0.1) is 0 Å². The van der Waals surface area contributed by atoms with E-state index in [2.05, 4.69) is 5.32 Å². The van der Waals surface area contributed by atoms with Crippen LogP contribution in [-0.4, -0.2) is 43.2 Å². The van der Waals surface area contributed by atoms with Gasteiger partial charge in [-0.2, -0.15) is 0 Å². The standard InChI is InChI=1S/C9H17NO4/c1-6(11)10-5-8-7(12)3-4-9(13-2)14-8/h7-9,12H,3-5H2,1-2H3,(H,10,11)/t7-,8+,9-/m0/s1. The molecule has 1 aliphatic heterocycles. The third-order valence-corrected chi connectivity index (χ3v) is 2.27.